The summed E-state index contributed by atoms with van der Waals surface area (Å²) >= 11 is 1.53. The molecule has 4 aromatic rings. The summed E-state index contributed by atoms with van der Waals surface area (Å²) in [7, 11) is 0. The zero-order valence-electron chi connectivity index (χ0n) is 17.9. The van der Waals surface area contributed by atoms with E-state index < -0.39 is 0 Å². The van der Waals surface area contributed by atoms with E-state index in [0.717, 1.165) is 27.1 Å². The van der Waals surface area contributed by atoms with Gasteiger partial charge in [-0.1, -0.05) is 90.6 Å². The fraction of sp³-hybridized carbons (Fsp3) is 0.185. The van der Waals surface area contributed by atoms with Crippen molar-refractivity contribution in [3.63, 3.8) is 0 Å². The lowest BCUT2D eigenvalue weighted by Crippen LogP contribution is -2.35. The molecule has 0 unspecified atom stereocenters. The van der Waals surface area contributed by atoms with Gasteiger partial charge in [0, 0.05) is 18.5 Å². The van der Waals surface area contributed by atoms with Crippen LogP contribution < -0.4 is 0 Å². The van der Waals surface area contributed by atoms with E-state index in [0.29, 0.717) is 13.1 Å². The van der Waals surface area contributed by atoms with Crippen molar-refractivity contribution < 1.29 is 4.79 Å². The molecule has 1 atom stereocenters. The molecule has 31 heavy (non-hydrogen) atoms. The van der Waals surface area contributed by atoms with Gasteiger partial charge in [-0.25, -0.2) is 4.98 Å². The van der Waals surface area contributed by atoms with Crippen molar-refractivity contribution in [1.29, 1.82) is 0 Å². The summed E-state index contributed by atoms with van der Waals surface area (Å²) < 4.78 is 0. The largest absolute Gasteiger partial charge is 0.333 e. The zero-order valence-corrected chi connectivity index (χ0v) is 18.7. The number of amides is 1. The summed E-state index contributed by atoms with van der Waals surface area (Å²) in [5, 5.41) is 1.80. The Kier molecular flexibility index (Phi) is 6.68. The molecule has 0 radical (unpaired) electrons. The predicted molar refractivity (Wildman–Crippen MR) is 129 cm³/mol. The Labute approximate surface area is 188 Å². The summed E-state index contributed by atoms with van der Waals surface area (Å²) in [5.74, 6) is 0.116. The topological polar surface area (TPSA) is 33.2 Å². The first-order chi connectivity index (χ1) is 15.1. The molecule has 0 aliphatic rings. The van der Waals surface area contributed by atoms with Gasteiger partial charge < -0.3 is 4.90 Å². The van der Waals surface area contributed by atoms with Gasteiger partial charge in [0.2, 0.25) is 5.91 Å². The number of fused-ring (bicyclic) bond motifs is 1. The Bertz CT molecular complexity index is 1120. The molecule has 0 aliphatic heterocycles. The first-order valence-electron chi connectivity index (χ1n) is 10.5. The van der Waals surface area contributed by atoms with E-state index in [1.807, 2.05) is 66.4 Å². The van der Waals surface area contributed by atoms with E-state index in [-0.39, 0.29) is 11.2 Å². The lowest BCUT2D eigenvalue weighted by atomic mass is 10.1. The van der Waals surface area contributed by atoms with Crippen LogP contribution in [0.5, 0.6) is 0 Å². The summed E-state index contributed by atoms with van der Waals surface area (Å²) in [6.07, 6.45) is 0. The van der Waals surface area contributed by atoms with Crippen LogP contribution in [0.2, 0.25) is 0 Å². The van der Waals surface area contributed by atoms with E-state index >= 15 is 0 Å². The third-order valence-electron chi connectivity index (χ3n) is 5.29. The number of pyridine rings is 1. The number of benzene rings is 3. The Morgan fingerprint density at radius 3 is 2.03 bits per heavy atom. The van der Waals surface area contributed by atoms with E-state index in [1.54, 1.807) is 0 Å². The van der Waals surface area contributed by atoms with Gasteiger partial charge in [0.1, 0.15) is 0 Å². The fourth-order valence-electron chi connectivity index (χ4n) is 3.69. The Morgan fingerprint density at radius 2 is 1.42 bits per heavy atom. The smallest absolute Gasteiger partial charge is 0.236 e. The van der Waals surface area contributed by atoms with Crippen molar-refractivity contribution >= 4 is 28.6 Å². The van der Waals surface area contributed by atoms with Crippen LogP contribution in [0.4, 0.5) is 0 Å². The molecule has 0 fully saturated rings. The highest BCUT2D eigenvalue weighted by Crippen LogP contribution is 2.28. The number of aryl methyl sites for hydroxylation is 1. The van der Waals surface area contributed by atoms with Crippen molar-refractivity contribution in [2.75, 3.05) is 0 Å². The number of aromatic nitrogens is 1. The molecule has 0 saturated heterocycles. The van der Waals surface area contributed by atoms with Crippen LogP contribution in [-0.2, 0) is 17.9 Å². The van der Waals surface area contributed by atoms with Crippen molar-refractivity contribution in [2.24, 2.45) is 0 Å². The number of hydrogen-bond donors (Lipinski definition) is 0. The number of carbonyl (C=O) groups is 1. The fourth-order valence-corrected chi connectivity index (χ4v) is 4.69. The Morgan fingerprint density at radius 1 is 0.871 bits per heavy atom. The van der Waals surface area contributed by atoms with Crippen LogP contribution in [0, 0.1) is 6.92 Å². The van der Waals surface area contributed by atoms with Gasteiger partial charge >= 0.3 is 0 Å². The summed E-state index contributed by atoms with van der Waals surface area (Å²) in [4.78, 5) is 20.2. The van der Waals surface area contributed by atoms with Crippen molar-refractivity contribution in [2.45, 2.75) is 37.2 Å². The molecule has 156 valence electrons. The molecular weight excluding hydrogens is 400 g/mol. The first-order valence-corrected chi connectivity index (χ1v) is 11.4. The van der Waals surface area contributed by atoms with E-state index in [1.165, 1.54) is 17.3 Å². The second-order valence-corrected chi connectivity index (χ2v) is 9.08. The standard InChI is InChI=1S/C27H26N2OS/c1-20-17-26(28-25-16-10-9-15-24(20)25)31-21(2)27(30)29(18-22-11-5-3-6-12-22)19-23-13-7-4-8-14-23/h3-17,21H,18-19H2,1-2H3/t21-/m1/s1. The molecule has 0 spiro atoms. The maximum atomic E-state index is 13.5. The third kappa shape index (κ3) is 5.33. The minimum absolute atomic E-state index is 0.116. The number of hydrogen-bond acceptors (Lipinski definition) is 3. The molecule has 0 bridgehead atoms. The monoisotopic (exact) mass is 426 g/mol. The highest BCUT2D eigenvalue weighted by Gasteiger charge is 2.23. The average molecular weight is 427 g/mol. The van der Waals surface area contributed by atoms with Gasteiger partial charge in [-0.15, -0.1) is 0 Å². The molecule has 1 amide bonds. The summed E-state index contributed by atoms with van der Waals surface area (Å²) in [6, 6.07) is 30.5. The van der Waals surface area contributed by atoms with E-state index in [4.69, 9.17) is 4.98 Å². The van der Waals surface area contributed by atoms with Crippen LogP contribution in [0.25, 0.3) is 10.9 Å². The lowest BCUT2D eigenvalue weighted by Gasteiger charge is -2.26. The number of rotatable bonds is 7. The van der Waals surface area contributed by atoms with Gasteiger partial charge in [0.05, 0.1) is 15.8 Å². The first kappa shape index (κ1) is 21.1. The van der Waals surface area contributed by atoms with Crippen LogP contribution in [-0.4, -0.2) is 21.0 Å². The van der Waals surface area contributed by atoms with Crippen molar-refractivity contribution in [3.05, 3.63) is 108 Å². The van der Waals surface area contributed by atoms with Crippen LogP contribution in [0.1, 0.15) is 23.6 Å². The molecule has 0 saturated carbocycles. The van der Waals surface area contributed by atoms with E-state index in [2.05, 4.69) is 43.3 Å². The van der Waals surface area contributed by atoms with E-state index in [9.17, 15) is 4.79 Å². The summed E-state index contributed by atoms with van der Waals surface area (Å²) in [5.41, 5.74) is 4.40. The molecule has 4 rings (SSSR count). The highest BCUT2D eigenvalue weighted by molar-refractivity contribution is 8.00. The second kappa shape index (κ2) is 9.80. The predicted octanol–water partition coefficient (Wildman–Crippen LogP) is 6.25. The van der Waals surface area contributed by atoms with Gasteiger partial charge in [-0.3, -0.25) is 4.79 Å². The van der Waals surface area contributed by atoms with Crippen LogP contribution in [0.3, 0.4) is 0 Å². The molecule has 0 N–H and O–H groups in total. The molecule has 3 nitrogen and oxygen atoms in total. The van der Waals surface area contributed by atoms with Gasteiger partial charge in [0.15, 0.2) is 0 Å². The third-order valence-corrected chi connectivity index (χ3v) is 6.29. The maximum Gasteiger partial charge on any atom is 0.236 e. The Balaban J connectivity index is 1.55. The number of nitrogens with zero attached hydrogens (tertiary/aromatic N) is 2. The van der Waals surface area contributed by atoms with Crippen LogP contribution >= 0.6 is 11.8 Å². The minimum Gasteiger partial charge on any atom is -0.333 e. The number of carbonyl (C=O) groups excluding carboxylic acids is 1. The molecule has 1 heterocycles. The quantitative estimate of drug-likeness (QED) is 0.327. The molecule has 4 heteroatoms. The van der Waals surface area contributed by atoms with Gasteiger partial charge in [-0.05, 0) is 42.7 Å². The normalized spacial score (nSPS) is 11.9. The van der Waals surface area contributed by atoms with Crippen LogP contribution in [0.15, 0.2) is 96.0 Å². The average Bonchev–Trinajstić information content (AvgIpc) is 2.79. The Hall–Kier alpha value is -3.11. The summed E-state index contributed by atoms with van der Waals surface area (Å²) in [6.45, 7) is 5.24. The highest BCUT2D eigenvalue weighted by atomic mass is 32.2. The lowest BCUT2D eigenvalue weighted by molar-refractivity contribution is -0.131. The number of para-hydroxylation sites is 1. The van der Waals surface area contributed by atoms with Crippen molar-refractivity contribution in [3.8, 4) is 0 Å². The molecule has 1 aromatic heterocycles. The van der Waals surface area contributed by atoms with Gasteiger partial charge in [-0.2, -0.15) is 0 Å². The maximum absolute atomic E-state index is 13.5. The molecule has 3 aromatic carbocycles. The second-order valence-electron chi connectivity index (χ2n) is 7.72. The zero-order chi connectivity index (χ0) is 21.6. The van der Waals surface area contributed by atoms with Gasteiger partial charge in [0.25, 0.3) is 0 Å². The SMILES string of the molecule is Cc1cc(S[C@H](C)C(=O)N(Cc2ccccc2)Cc2ccccc2)nc2ccccc12. The van der Waals surface area contributed by atoms with Crippen molar-refractivity contribution in [1.82, 2.24) is 9.88 Å². The minimum atomic E-state index is -0.236. The molecular formula is C27H26N2OS. The number of thioether (sulfide) groups is 1. The molecule has 0 aliphatic carbocycles.